The first kappa shape index (κ1) is 17.2. The molecule has 20 heavy (non-hydrogen) atoms. The third kappa shape index (κ3) is 4.32. The van der Waals surface area contributed by atoms with Crippen molar-refractivity contribution in [2.75, 3.05) is 13.7 Å². The average Bonchev–Trinajstić information content (AvgIpc) is 2.74. The van der Waals surface area contributed by atoms with Crippen LogP contribution in [0.15, 0.2) is 0 Å². The lowest BCUT2D eigenvalue weighted by atomic mass is 10.0. The van der Waals surface area contributed by atoms with Gasteiger partial charge in [-0.25, -0.2) is 0 Å². The highest BCUT2D eigenvalue weighted by Gasteiger charge is 2.20. The lowest BCUT2D eigenvalue weighted by molar-refractivity contribution is -0.00817. The van der Waals surface area contributed by atoms with Crippen molar-refractivity contribution in [3.8, 4) is 0 Å². The van der Waals surface area contributed by atoms with Crippen LogP contribution >= 0.6 is 0 Å². The molecule has 0 amide bonds. The first-order valence-electron chi connectivity index (χ1n) is 7.73. The van der Waals surface area contributed by atoms with Crippen LogP contribution in [0.4, 0.5) is 0 Å². The zero-order chi connectivity index (χ0) is 15.3. The van der Waals surface area contributed by atoms with Crippen molar-refractivity contribution < 1.29 is 4.74 Å². The summed E-state index contributed by atoms with van der Waals surface area (Å²) >= 11 is 0. The summed E-state index contributed by atoms with van der Waals surface area (Å²) in [6, 6.07) is 0.345. The predicted molar refractivity (Wildman–Crippen MR) is 84.2 cm³/mol. The molecule has 0 bridgehead atoms. The fraction of sp³-hybridized carbons (Fsp3) is 0.812. The molecule has 0 spiro atoms. The molecule has 1 N–H and O–H groups in total. The van der Waals surface area contributed by atoms with Gasteiger partial charge in [-0.3, -0.25) is 4.68 Å². The molecule has 0 aliphatic rings. The third-order valence-corrected chi connectivity index (χ3v) is 3.55. The summed E-state index contributed by atoms with van der Waals surface area (Å²) in [6.07, 6.45) is 1.98. The van der Waals surface area contributed by atoms with Crippen molar-refractivity contribution in [1.82, 2.24) is 15.1 Å². The molecule has 1 atom stereocenters. The van der Waals surface area contributed by atoms with Gasteiger partial charge in [0.1, 0.15) is 0 Å². The lowest BCUT2D eigenvalue weighted by Gasteiger charge is -2.20. The van der Waals surface area contributed by atoms with Crippen molar-refractivity contribution in [2.45, 2.75) is 72.6 Å². The van der Waals surface area contributed by atoms with Gasteiger partial charge in [0.2, 0.25) is 0 Å². The summed E-state index contributed by atoms with van der Waals surface area (Å²) in [4.78, 5) is 0. The molecule has 1 aromatic heterocycles. The molecule has 116 valence electrons. The Bertz CT molecular complexity index is 418. The maximum absolute atomic E-state index is 5.83. The van der Waals surface area contributed by atoms with Crippen molar-refractivity contribution in [3.05, 3.63) is 17.0 Å². The van der Waals surface area contributed by atoms with Gasteiger partial charge in [-0.15, -0.1) is 0 Å². The number of ether oxygens (including phenoxy) is 1. The zero-order valence-electron chi connectivity index (χ0n) is 14.2. The molecule has 4 heteroatoms. The van der Waals surface area contributed by atoms with E-state index in [4.69, 9.17) is 9.84 Å². The second-order valence-electron chi connectivity index (χ2n) is 6.21. The number of rotatable bonds is 7. The molecular weight excluding hydrogens is 250 g/mol. The standard InChI is InChI=1S/C16H31N3O/c1-8-13-15(12(3)17-7)14(9-2)19(18-13)10-11-20-16(4,5)6/h12,17H,8-11H2,1-7H3. The Morgan fingerprint density at radius 2 is 1.90 bits per heavy atom. The van der Waals surface area contributed by atoms with Crippen LogP contribution in [0.25, 0.3) is 0 Å². The smallest absolute Gasteiger partial charge is 0.0672 e. The van der Waals surface area contributed by atoms with Crippen LogP contribution in [0.1, 0.15) is 64.5 Å². The van der Waals surface area contributed by atoms with Gasteiger partial charge < -0.3 is 10.1 Å². The molecule has 0 aromatic carbocycles. The van der Waals surface area contributed by atoms with Gasteiger partial charge in [-0.2, -0.15) is 5.10 Å². The van der Waals surface area contributed by atoms with Crippen LogP contribution in [-0.4, -0.2) is 29.0 Å². The van der Waals surface area contributed by atoms with Crippen LogP contribution in [-0.2, 0) is 24.1 Å². The summed E-state index contributed by atoms with van der Waals surface area (Å²) in [7, 11) is 2.00. The molecule has 1 unspecified atom stereocenters. The van der Waals surface area contributed by atoms with E-state index in [2.05, 4.69) is 51.5 Å². The first-order valence-corrected chi connectivity index (χ1v) is 7.73. The van der Waals surface area contributed by atoms with Gasteiger partial charge in [-0.05, 0) is 47.6 Å². The van der Waals surface area contributed by atoms with Gasteiger partial charge in [-0.1, -0.05) is 13.8 Å². The molecule has 1 heterocycles. The van der Waals surface area contributed by atoms with E-state index < -0.39 is 0 Å². The highest BCUT2D eigenvalue weighted by atomic mass is 16.5. The lowest BCUT2D eigenvalue weighted by Crippen LogP contribution is -2.23. The van der Waals surface area contributed by atoms with Crippen LogP contribution in [0.3, 0.4) is 0 Å². The summed E-state index contributed by atoms with van der Waals surface area (Å²) in [6.45, 7) is 14.4. The monoisotopic (exact) mass is 281 g/mol. The number of nitrogens with one attached hydrogen (secondary N) is 1. The minimum absolute atomic E-state index is 0.0891. The fourth-order valence-corrected chi connectivity index (χ4v) is 2.47. The van der Waals surface area contributed by atoms with Gasteiger partial charge in [0.25, 0.3) is 0 Å². The molecule has 0 saturated heterocycles. The van der Waals surface area contributed by atoms with Crippen LogP contribution in [0.2, 0.25) is 0 Å². The summed E-state index contributed by atoms with van der Waals surface area (Å²) in [5.41, 5.74) is 3.82. The van der Waals surface area contributed by atoms with E-state index in [1.54, 1.807) is 0 Å². The average molecular weight is 281 g/mol. The maximum Gasteiger partial charge on any atom is 0.0672 e. The fourth-order valence-electron chi connectivity index (χ4n) is 2.47. The van der Waals surface area contributed by atoms with Gasteiger partial charge >= 0.3 is 0 Å². The van der Waals surface area contributed by atoms with Gasteiger partial charge in [0.05, 0.1) is 24.4 Å². The zero-order valence-corrected chi connectivity index (χ0v) is 14.2. The topological polar surface area (TPSA) is 39.1 Å². The van der Waals surface area contributed by atoms with Gasteiger partial charge in [0, 0.05) is 17.3 Å². The Morgan fingerprint density at radius 1 is 1.25 bits per heavy atom. The largest absolute Gasteiger partial charge is 0.374 e. The number of hydrogen-bond donors (Lipinski definition) is 1. The second kappa shape index (κ2) is 7.23. The number of aryl methyl sites for hydroxylation is 1. The first-order chi connectivity index (χ1) is 9.34. The minimum Gasteiger partial charge on any atom is -0.374 e. The van der Waals surface area contributed by atoms with E-state index in [1.165, 1.54) is 17.0 Å². The maximum atomic E-state index is 5.83. The molecule has 0 radical (unpaired) electrons. The molecule has 0 fully saturated rings. The normalized spacial score (nSPS) is 13.8. The van der Waals surface area contributed by atoms with E-state index >= 15 is 0 Å². The molecule has 4 nitrogen and oxygen atoms in total. The quantitative estimate of drug-likeness (QED) is 0.834. The van der Waals surface area contributed by atoms with Gasteiger partial charge in [0.15, 0.2) is 0 Å². The van der Waals surface area contributed by atoms with Crippen molar-refractivity contribution in [2.24, 2.45) is 0 Å². The highest BCUT2D eigenvalue weighted by Crippen LogP contribution is 2.23. The Hall–Kier alpha value is -0.870. The van der Waals surface area contributed by atoms with Crippen LogP contribution in [0, 0.1) is 0 Å². The Kier molecular flexibility index (Phi) is 6.21. The van der Waals surface area contributed by atoms with Crippen LogP contribution in [0.5, 0.6) is 0 Å². The molecular formula is C16H31N3O. The van der Waals surface area contributed by atoms with Crippen molar-refractivity contribution in [3.63, 3.8) is 0 Å². The van der Waals surface area contributed by atoms with E-state index in [1.807, 2.05) is 7.05 Å². The van der Waals surface area contributed by atoms with Crippen molar-refractivity contribution in [1.29, 1.82) is 0 Å². The minimum atomic E-state index is -0.0891. The molecule has 1 rings (SSSR count). The Labute approximate surface area is 123 Å². The Balaban J connectivity index is 2.93. The SMILES string of the molecule is CCc1nn(CCOC(C)(C)C)c(CC)c1C(C)NC. The number of aromatic nitrogens is 2. The molecule has 0 aliphatic carbocycles. The summed E-state index contributed by atoms with van der Waals surface area (Å²) in [5, 5.41) is 8.12. The van der Waals surface area contributed by atoms with E-state index in [9.17, 15) is 0 Å². The van der Waals surface area contributed by atoms with E-state index in [0.717, 1.165) is 19.4 Å². The predicted octanol–water partition coefficient (Wildman–Crippen LogP) is 3.10. The third-order valence-electron chi connectivity index (χ3n) is 3.55. The summed E-state index contributed by atoms with van der Waals surface area (Å²) < 4.78 is 7.96. The van der Waals surface area contributed by atoms with E-state index in [-0.39, 0.29) is 5.60 Å². The van der Waals surface area contributed by atoms with Crippen LogP contribution < -0.4 is 5.32 Å². The number of nitrogens with zero attached hydrogens (tertiary/aromatic N) is 2. The highest BCUT2D eigenvalue weighted by molar-refractivity contribution is 5.30. The Morgan fingerprint density at radius 3 is 2.35 bits per heavy atom. The second-order valence-corrected chi connectivity index (χ2v) is 6.21. The molecule has 1 aromatic rings. The molecule has 0 saturated carbocycles. The van der Waals surface area contributed by atoms with E-state index in [0.29, 0.717) is 12.6 Å². The summed E-state index contributed by atoms with van der Waals surface area (Å²) in [5.74, 6) is 0. The number of hydrogen-bond acceptors (Lipinski definition) is 3. The molecule has 0 aliphatic heterocycles. The van der Waals surface area contributed by atoms with Crippen molar-refractivity contribution >= 4 is 0 Å².